The molecule has 0 saturated carbocycles. The second kappa shape index (κ2) is 11.0. The number of nitrogens with one attached hydrogen (secondary N) is 1. The Balaban J connectivity index is 1.37. The molecular formula is C30H30ClN3O4. The van der Waals surface area contributed by atoms with Crippen molar-refractivity contribution in [1.82, 2.24) is 15.1 Å². The molecule has 38 heavy (non-hydrogen) atoms. The molecule has 0 bridgehead atoms. The van der Waals surface area contributed by atoms with E-state index in [-0.39, 0.29) is 24.3 Å². The highest BCUT2D eigenvalue weighted by molar-refractivity contribution is 6.30. The summed E-state index contributed by atoms with van der Waals surface area (Å²) in [5.41, 5.74) is 1.94. The number of rotatable bonds is 5. The van der Waals surface area contributed by atoms with Gasteiger partial charge in [-0.25, -0.2) is 0 Å². The van der Waals surface area contributed by atoms with E-state index in [0.29, 0.717) is 48.6 Å². The van der Waals surface area contributed by atoms with E-state index in [4.69, 9.17) is 16.3 Å². The van der Waals surface area contributed by atoms with Crippen LogP contribution in [0.4, 0.5) is 0 Å². The van der Waals surface area contributed by atoms with Gasteiger partial charge in [0.15, 0.2) is 0 Å². The summed E-state index contributed by atoms with van der Waals surface area (Å²) < 4.78 is 6.30. The summed E-state index contributed by atoms with van der Waals surface area (Å²) in [6.45, 7) is 3.14. The minimum atomic E-state index is -0.967. The summed E-state index contributed by atoms with van der Waals surface area (Å²) in [7, 11) is 0. The maximum Gasteiger partial charge on any atom is 0.257 e. The molecule has 2 fully saturated rings. The van der Waals surface area contributed by atoms with Crippen molar-refractivity contribution in [3.05, 3.63) is 106 Å². The van der Waals surface area contributed by atoms with Crippen LogP contribution in [0.25, 0.3) is 0 Å². The van der Waals surface area contributed by atoms with Gasteiger partial charge in [-0.05, 0) is 48.4 Å². The van der Waals surface area contributed by atoms with Crippen LogP contribution in [0.15, 0.2) is 78.9 Å². The molecule has 7 nitrogen and oxygen atoms in total. The molecule has 1 spiro atoms. The molecule has 2 heterocycles. The number of amides is 3. The zero-order valence-corrected chi connectivity index (χ0v) is 22.0. The van der Waals surface area contributed by atoms with E-state index in [9.17, 15) is 14.4 Å². The van der Waals surface area contributed by atoms with Gasteiger partial charge < -0.3 is 15.0 Å². The predicted octanol–water partition coefficient (Wildman–Crippen LogP) is 4.44. The third-order valence-corrected chi connectivity index (χ3v) is 7.64. The first-order chi connectivity index (χ1) is 18.4. The maximum atomic E-state index is 14.0. The number of halogens is 1. The molecule has 2 saturated heterocycles. The summed E-state index contributed by atoms with van der Waals surface area (Å²) in [5, 5.41) is 3.55. The van der Waals surface area contributed by atoms with E-state index in [2.05, 4.69) is 5.32 Å². The molecule has 0 unspecified atom stereocenters. The zero-order chi connectivity index (χ0) is 26.7. The third-order valence-electron chi connectivity index (χ3n) is 7.39. The lowest BCUT2D eigenvalue weighted by molar-refractivity contribution is -0.128. The summed E-state index contributed by atoms with van der Waals surface area (Å²) in [6, 6.07) is 23.0. The van der Waals surface area contributed by atoms with Crippen molar-refractivity contribution < 1.29 is 19.1 Å². The molecule has 8 heteroatoms. The van der Waals surface area contributed by atoms with Gasteiger partial charge in [-0.1, -0.05) is 60.1 Å². The van der Waals surface area contributed by atoms with Crippen molar-refractivity contribution in [3.8, 4) is 0 Å². The van der Waals surface area contributed by atoms with Crippen molar-refractivity contribution in [2.75, 3.05) is 19.7 Å². The lowest BCUT2D eigenvalue weighted by Gasteiger charge is -2.44. The molecule has 1 N–H and O–H groups in total. The van der Waals surface area contributed by atoms with E-state index in [1.807, 2.05) is 55.5 Å². The first-order valence-corrected chi connectivity index (χ1v) is 13.2. The number of piperidine rings is 1. The van der Waals surface area contributed by atoms with Gasteiger partial charge in [-0.2, -0.15) is 0 Å². The number of nitrogens with zero attached hydrogens (tertiary/aromatic N) is 2. The minimum Gasteiger partial charge on any atom is -0.353 e. The Morgan fingerprint density at radius 1 is 0.921 bits per heavy atom. The fraction of sp³-hybridized carbons (Fsp3) is 0.300. The van der Waals surface area contributed by atoms with Gasteiger partial charge in [0.2, 0.25) is 5.91 Å². The second-order valence-corrected chi connectivity index (χ2v) is 10.2. The van der Waals surface area contributed by atoms with Crippen molar-refractivity contribution in [2.45, 2.75) is 38.1 Å². The number of hydrogen-bond acceptors (Lipinski definition) is 4. The van der Waals surface area contributed by atoms with Crippen molar-refractivity contribution >= 4 is 29.3 Å². The Hall–Kier alpha value is -3.68. The number of likely N-dealkylation sites (tertiary alicyclic amines) is 1. The van der Waals surface area contributed by atoms with E-state index < -0.39 is 11.8 Å². The molecule has 0 aromatic heterocycles. The van der Waals surface area contributed by atoms with Gasteiger partial charge in [0.25, 0.3) is 11.8 Å². The maximum absolute atomic E-state index is 14.0. The summed E-state index contributed by atoms with van der Waals surface area (Å²) in [4.78, 5) is 43.8. The molecule has 0 aliphatic carbocycles. The van der Waals surface area contributed by atoms with Crippen LogP contribution in [0.5, 0.6) is 0 Å². The van der Waals surface area contributed by atoms with Gasteiger partial charge in [0.05, 0.1) is 6.61 Å². The van der Waals surface area contributed by atoms with Crippen molar-refractivity contribution in [2.24, 2.45) is 0 Å². The first kappa shape index (κ1) is 25.9. The van der Waals surface area contributed by atoms with Crippen molar-refractivity contribution in [1.29, 1.82) is 0 Å². The SMILES string of the molecule is Cc1ccccc1C(=O)N1[C@H](C(=O)NCc2ccccc2)COC12CCN(C(=O)c1ccc(Cl)cc1)CC2. The lowest BCUT2D eigenvalue weighted by atomic mass is 9.95. The number of carbonyl (C=O) groups excluding carboxylic acids is 3. The van der Waals surface area contributed by atoms with E-state index >= 15 is 0 Å². The monoisotopic (exact) mass is 531 g/mol. The summed E-state index contributed by atoms with van der Waals surface area (Å²) >= 11 is 5.98. The number of carbonyl (C=O) groups is 3. The molecule has 1 atom stereocenters. The molecule has 2 aliphatic rings. The smallest absolute Gasteiger partial charge is 0.257 e. The molecule has 196 valence electrons. The first-order valence-electron chi connectivity index (χ1n) is 12.8. The number of ether oxygens (including phenoxy) is 1. The largest absolute Gasteiger partial charge is 0.353 e. The van der Waals surface area contributed by atoms with Gasteiger partial charge in [0, 0.05) is 48.6 Å². The summed E-state index contributed by atoms with van der Waals surface area (Å²) in [6.07, 6.45) is 0.818. The number of aryl methyl sites for hydroxylation is 1. The molecule has 3 amide bonds. The average molecular weight is 532 g/mol. The highest BCUT2D eigenvalue weighted by Gasteiger charge is 2.54. The highest BCUT2D eigenvalue weighted by Crippen LogP contribution is 2.39. The van der Waals surface area contributed by atoms with Crippen LogP contribution < -0.4 is 5.32 Å². The van der Waals surface area contributed by atoms with Crippen LogP contribution in [-0.4, -0.2) is 59.0 Å². The van der Waals surface area contributed by atoms with E-state index in [0.717, 1.165) is 11.1 Å². The standard InChI is InChI=1S/C30H30ClN3O4/c1-21-7-5-6-10-25(21)29(37)34-26(27(35)32-19-22-8-3-2-4-9-22)20-38-30(34)15-17-33(18-16-30)28(36)23-11-13-24(31)14-12-23/h2-14,26H,15-20H2,1H3,(H,32,35)/t26-/m0/s1. The van der Waals surface area contributed by atoms with Gasteiger partial charge >= 0.3 is 0 Å². The Morgan fingerprint density at radius 3 is 2.26 bits per heavy atom. The predicted molar refractivity (Wildman–Crippen MR) is 145 cm³/mol. The number of benzene rings is 3. The fourth-order valence-corrected chi connectivity index (χ4v) is 5.37. The zero-order valence-electron chi connectivity index (χ0n) is 21.2. The molecule has 3 aromatic rings. The Morgan fingerprint density at radius 2 is 1.58 bits per heavy atom. The van der Waals surface area contributed by atoms with Crippen LogP contribution >= 0.6 is 11.6 Å². The fourth-order valence-electron chi connectivity index (χ4n) is 5.25. The van der Waals surface area contributed by atoms with Gasteiger partial charge in [-0.15, -0.1) is 0 Å². The van der Waals surface area contributed by atoms with Crippen molar-refractivity contribution in [3.63, 3.8) is 0 Å². The number of hydrogen-bond donors (Lipinski definition) is 1. The highest BCUT2D eigenvalue weighted by atomic mass is 35.5. The van der Waals surface area contributed by atoms with Crippen LogP contribution in [0, 0.1) is 6.92 Å². The average Bonchev–Trinajstić information content (AvgIpc) is 3.31. The van der Waals surface area contributed by atoms with Gasteiger partial charge in [0.1, 0.15) is 11.8 Å². The van der Waals surface area contributed by atoms with Crippen LogP contribution in [0.3, 0.4) is 0 Å². The third kappa shape index (κ3) is 5.17. The van der Waals surface area contributed by atoms with Crippen LogP contribution in [0.1, 0.15) is 44.7 Å². The Bertz CT molecular complexity index is 1320. The Kier molecular flexibility index (Phi) is 7.49. The molecule has 2 aliphatic heterocycles. The topological polar surface area (TPSA) is 79.0 Å². The van der Waals surface area contributed by atoms with Crippen LogP contribution in [-0.2, 0) is 16.1 Å². The lowest BCUT2D eigenvalue weighted by Crippen LogP contribution is -2.59. The minimum absolute atomic E-state index is 0.0940. The van der Waals surface area contributed by atoms with Gasteiger partial charge in [-0.3, -0.25) is 19.3 Å². The second-order valence-electron chi connectivity index (χ2n) is 9.77. The molecular weight excluding hydrogens is 502 g/mol. The summed E-state index contributed by atoms with van der Waals surface area (Å²) in [5.74, 6) is -0.589. The normalized spacial score (nSPS) is 18.4. The molecule has 3 aromatic carbocycles. The molecule has 5 rings (SSSR count). The Labute approximate surface area is 227 Å². The van der Waals surface area contributed by atoms with E-state index in [1.165, 1.54) is 0 Å². The molecule has 0 radical (unpaired) electrons. The van der Waals surface area contributed by atoms with Crippen LogP contribution in [0.2, 0.25) is 5.02 Å². The quantitative estimate of drug-likeness (QED) is 0.528. The van der Waals surface area contributed by atoms with E-state index in [1.54, 1.807) is 40.1 Å².